The van der Waals surface area contributed by atoms with E-state index in [1.54, 1.807) is 56.8 Å². The Morgan fingerprint density at radius 3 is 0.848 bits per heavy atom. The van der Waals surface area contributed by atoms with Gasteiger partial charge in [0.05, 0.1) is 39.5 Å². The van der Waals surface area contributed by atoms with Gasteiger partial charge in [0, 0.05) is 54.6 Å². The molecule has 0 aromatic heterocycles. The van der Waals surface area contributed by atoms with Crippen LogP contribution in [0.25, 0.3) is 0 Å². The summed E-state index contributed by atoms with van der Waals surface area (Å²) in [6, 6.07) is -1.86. The minimum absolute atomic E-state index is 0.101. The van der Waals surface area contributed by atoms with Crippen LogP contribution in [-0.2, 0) is 43.0 Å². The second-order valence-electron chi connectivity index (χ2n) is 16.6. The lowest BCUT2D eigenvalue weighted by molar-refractivity contribution is -0.136. The van der Waals surface area contributed by atoms with Gasteiger partial charge in [-0.2, -0.15) is 0 Å². The molecule has 0 spiro atoms. The normalized spacial score (nSPS) is 18.9. The zero-order valence-electron chi connectivity index (χ0n) is 42.4. The van der Waals surface area contributed by atoms with Crippen molar-refractivity contribution in [2.24, 2.45) is 0 Å². The van der Waals surface area contributed by atoms with Crippen molar-refractivity contribution in [3.63, 3.8) is 0 Å². The predicted octanol–water partition coefficient (Wildman–Crippen LogP) is 8.21. The summed E-state index contributed by atoms with van der Waals surface area (Å²) in [5.41, 5.74) is 1.89. The van der Waals surface area contributed by atoms with Crippen LogP contribution in [0.5, 0.6) is 0 Å². The number of rotatable bonds is 24. The highest BCUT2D eigenvalue weighted by molar-refractivity contribution is 5.91. The van der Waals surface area contributed by atoms with Gasteiger partial charge in [-0.1, -0.05) is 121 Å². The maximum absolute atomic E-state index is 12.9. The van der Waals surface area contributed by atoms with Crippen LogP contribution < -0.4 is 16.0 Å². The van der Waals surface area contributed by atoms with Crippen molar-refractivity contribution in [2.45, 2.75) is 195 Å². The first kappa shape index (κ1) is 58.7. The van der Waals surface area contributed by atoms with Crippen molar-refractivity contribution in [1.82, 2.24) is 30.7 Å². The minimum Gasteiger partial charge on any atom is -0.499 e. The highest BCUT2D eigenvalue weighted by atomic mass is 16.5. The Kier molecular flexibility index (Phi) is 27.4. The number of hydrogen-bond donors (Lipinski definition) is 3. The van der Waals surface area contributed by atoms with E-state index in [0.29, 0.717) is 55.6 Å². The second kappa shape index (κ2) is 30.8. The molecule has 3 rings (SSSR count). The largest absolute Gasteiger partial charge is 0.499 e. The molecule has 3 heterocycles. The second-order valence-corrected chi connectivity index (χ2v) is 16.6. The molecule has 6 amide bonds. The third kappa shape index (κ3) is 16.5. The molecule has 0 saturated heterocycles. The quantitative estimate of drug-likeness (QED) is 0.0862. The van der Waals surface area contributed by atoms with E-state index in [9.17, 15) is 28.8 Å². The Morgan fingerprint density at radius 1 is 0.455 bits per heavy atom. The molecule has 15 heteroatoms. The number of carbonyl (C=O) groups excluding carboxylic acids is 6. The Hall–Kier alpha value is -5.34. The van der Waals surface area contributed by atoms with Gasteiger partial charge in [-0.15, -0.1) is 0 Å². The molecule has 0 aromatic carbocycles. The van der Waals surface area contributed by atoms with E-state index in [0.717, 1.165) is 75.1 Å². The van der Waals surface area contributed by atoms with Gasteiger partial charge in [-0.25, -0.2) is 0 Å². The Morgan fingerprint density at radius 2 is 0.682 bits per heavy atom. The van der Waals surface area contributed by atoms with E-state index in [2.05, 4.69) is 56.5 Å². The van der Waals surface area contributed by atoms with Gasteiger partial charge >= 0.3 is 0 Å². The van der Waals surface area contributed by atoms with Crippen LogP contribution in [0.4, 0.5) is 0 Å². The van der Waals surface area contributed by atoms with E-state index < -0.39 is 18.1 Å². The third-order valence-corrected chi connectivity index (χ3v) is 11.5. The lowest BCUT2D eigenvalue weighted by Gasteiger charge is -2.30. The Balaban J connectivity index is 0.000000495. The summed E-state index contributed by atoms with van der Waals surface area (Å²) in [6.45, 7) is 29.4. The molecule has 0 fully saturated rings. The van der Waals surface area contributed by atoms with Gasteiger partial charge in [0.15, 0.2) is 0 Å². The van der Waals surface area contributed by atoms with Gasteiger partial charge in [-0.3, -0.25) is 28.8 Å². The van der Waals surface area contributed by atoms with Crippen LogP contribution in [0, 0.1) is 0 Å². The SMILES string of the molecule is C=C1C=C(OC)[C@@H](CCC)N1C(=O)[C@H](CCC)NC(=O)CC.C=C1C=C(OC)[C@H](CCC)N1C(=O)[C@@H](CCC)NC(=O)CC.C=C1C=C(OC)[C@H](CCC)N1C(=O)[C@H](CCC)NC(=O)CC. The molecule has 0 aliphatic carbocycles. The molecule has 372 valence electrons. The van der Waals surface area contributed by atoms with E-state index in [1.807, 2.05) is 39.0 Å². The monoisotopic (exact) mass is 925 g/mol. The summed E-state index contributed by atoms with van der Waals surface area (Å²) >= 11 is 0. The van der Waals surface area contributed by atoms with Crippen molar-refractivity contribution in [3.8, 4) is 0 Å². The van der Waals surface area contributed by atoms with Crippen LogP contribution >= 0.6 is 0 Å². The fourth-order valence-electron chi connectivity index (χ4n) is 8.11. The minimum atomic E-state index is -0.502. The van der Waals surface area contributed by atoms with Gasteiger partial charge in [0.25, 0.3) is 0 Å². The van der Waals surface area contributed by atoms with E-state index in [4.69, 9.17) is 14.2 Å². The Bertz CT molecular complexity index is 1570. The highest BCUT2D eigenvalue weighted by Gasteiger charge is 2.40. The standard InChI is InChI=1S/3C17H28N2O3/c3*1-6-9-13(18-16(20)8-3)17(21)19-12(4)11-15(22-5)14(19)10-7-2/h3*11,13-14H,4,6-10H2,1-3,5H3,(H,18,20)/t2*13-,14+;13-,14-/m100/s1. The number of carbonyl (C=O) groups is 6. The molecule has 0 aromatic rings. The van der Waals surface area contributed by atoms with Crippen LogP contribution in [0.1, 0.15) is 159 Å². The van der Waals surface area contributed by atoms with Crippen molar-refractivity contribution >= 4 is 35.4 Å². The number of methoxy groups -OCH3 is 3. The van der Waals surface area contributed by atoms with Crippen molar-refractivity contribution in [1.29, 1.82) is 0 Å². The van der Waals surface area contributed by atoms with Crippen molar-refractivity contribution in [2.75, 3.05) is 21.3 Å². The van der Waals surface area contributed by atoms with Crippen molar-refractivity contribution < 1.29 is 43.0 Å². The number of nitrogens with zero attached hydrogens (tertiary/aromatic N) is 3. The number of hydrogen-bond acceptors (Lipinski definition) is 9. The lowest BCUT2D eigenvalue weighted by Crippen LogP contribution is -2.50. The molecule has 15 nitrogen and oxygen atoms in total. The summed E-state index contributed by atoms with van der Waals surface area (Å²) in [5, 5.41) is 8.48. The Labute approximate surface area is 396 Å². The van der Waals surface area contributed by atoms with Gasteiger partial charge in [0.2, 0.25) is 35.4 Å². The van der Waals surface area contributed by atoms with Crippen molar-refractivity contribution in [3.05, 3.63) is 72.3 Å². The average molecular weight is 925 g/mol. The first-order chi connectivity index (χ1) is 31.5. The van der Waals surface area contributed by atoms with Gasteiger partial charge in [0.1, 0.15) is 35.4 Å². The molecule has 3 aliphatic heterocycles. The van der Waals surface area contributed by atoms with Crippen LogP contribution in [-0.4, -0.2) is 108 Å². The molecule has 0 saturated carbocycles. The summed E-state index contributed by atoms with van der Waals surface area (Å²) in [7, 11) is 4.83. The molecular weight excluding hydrogens is 841 g/mol. The fourth-order valence-corrected chi connectivity index (χ4v) is 8.11. The average Bonchev–Trinajstić information content (AvgIpc) is 3.92. The smallest absolute Gasteiger partial charge is 0.250 e. The number of amides is 6. The van der Waals surface area contributed by atoms with Crippen LogP contribution in [0.2, 0.25) is 0 Å². The van der Waals surface area contributed by atoms with Crippen LogP contribution in [0.3, 0.4) is 0 Å². The summed E-state index contributed by atoms with van der Waals surface area (Å²) in [6.07, 6.45) is 16.1. The zero-order valence-corrected chi connectivity index (χ0v) is 42.4. The molecule has 3 N–H and O–H groups in total. The molecule has 0 bridgehead atoms. The lowest BCUT2D eigenvalue weighted by atomic mass is 10.1. The zero-order chi connectivity index (χ0) is 50.1. The first-order valence-electron chi connectivity index (χ1n) is 24.2. The number of allylic oxidation sites excluding steroid dienone is 3. The first-order valence-corrected chi connectivity index (χ1v) is 24.2. The van der Waals surface area contributed by atoms with E-state index >= 15 is 0 Å². The molecule has 6 atom stereocenters. The van der Waals surface area contributed by atoms with Gasteiger partial charge < -0.3 is 44.9 Å². The van der Waals surface area contributed by atoms with Gasteiger partial charge in [-0.05, 0) is 38.5 Å². The molecule has 0 unspecified atom stereocenters. The van der Waals surface area contributed by atoms with E-state index in [-0.39, 0.29) is 53.6 Å². The molecular formula is C51H84N6O9. The third-order valence-electron chi connectivity index (χ3n) is 11.5. The van der Waals surface area contributed by atoms with Crippen LogP contribution in [0.15, 0.2) is 72.3 Å². The van der Waals surface area contributed by atoms with E-state index in [1.165, 1.54) is 0 Å². The predicted molar refractivity (Wildman–Crippen MR) is 261 cm³/mol. The highest BCUT2D eigenvalue weighted by Crippen LogP contribution is 2.33. The summed E-state index contributed by atoms with van der Waals surface area (Å²) < 4.78 is 16.2. The maximum Gasteiger partial charge on any atom is 0.250 e. The number of ether oxygens (including phenoxy) is 3. The molecule has 3 aliphatic rings. The number of nitrogens with one attached hydrogen (secondary N) is 3. The topological polar surface area (TPSA) is 176 Å². The molecule has 0 radical (unpaired) electrons. The molecule has 66 heavy (non-hydrogen) atoms. The summed E-state index contributed by atoms with van der Waals surface area (Å²) in [4.78, 5) is 78.8. The maximum atomic E-state index is 12.9. The summed E-state index contributed by atoms with van der Waals surface area (Å²) in [5.74, 6) is 1.66. The fraction of sp³-hybridized carbons (Fsp3) is 0.647.